The first kappa shape index (κ1) is 29.6. The molecule has 0 radical (unpaired) electrons. The van der Waals surface area contributed by atoms with Crippen molar-refractivity contribution in [3.05, 3.63) is 61.5 Å². The molecule has 4 fully saturated rings. The van der Waals surface area contributed by atoms with E-state index in [9.17, 15) is 23.2 Å². The van der Waals surface area contributed by atoms with Crippen LogP contribution in [0.3, 0.4) is 0 Å². The Morgan fingerprint density at radius 2 is 1.36 bits per heavy atom. The summed E-state index contributed by atoms with van der Waals surface area (Å²) in [5, 5.41) is 0. The number of Topliss-reactive ketones (excluding diaryl/α,β-unsaturated/α-hetero) is 2. The third-order valence-corrected chi connectivity index (χ3v) is 8.90. The number of benzene rings is 2. The normalized spacial score (nSPS) is 25.2. The van der Waals surface area contributed by atoms with Gasteiger partial charge in [0, 0.05) is 27.2 Å². The van der Waals surface area contributed by atoms with Crippen LogP contribution in [0.15, 0.2) is 38.8 Å². The van der Waals surface area contributed by atoms with Crippen LogP contribution in [0.1, 0.15) is 60.9 Å². The van der Waals surface area contributed by atoms with Crippen molar-refractivity contribution < 1.29 is 32.6 Å². The van der Waals surface area contributed by atoms with E-state index in [1.165, 1.54) is 51.7 Å². The van der Waals surface area contributed by atoms with Gasteiger partial charge in [-0.2, -0.15) is 0 Å². The summed E-state index contributed by atoms with van der Waals surface area (Å²) in [7, 11) is 2.89. The molecule has 208 valence electrons. The van der Waals surface area contributed by atoms with Gasteiger partial charge in [0.15, 0.2) is 12.1 Å². The fourth-order valence-electron chi connectivity index (χ4n) is 6.00. The number of ether oxygens (including phenoxy) is 2. The predicted molar refractivity (Wildman–Crippen MR) is 151 cm³/mol. The molecule has 0 saturated heterocycles. The number of methoxy groups -OCH3 is 2. The number of fused-ring (bicyclic) bond motifs is 4. The molecule has 0 N–H and O–H groups in total. The number of hydrogen-bond acceptors (Lipinski definition) is 5. The summed E-state index contributed by atoms with van der Waals surface area (Å²) in [5.41, 5.74) is 1.10. The molecule has 4 aliphatic rings. The van der Waals surface area contributed by atoms with Crippen LogP contribution in [0.4, 0.5) is 8.78 Å². The number of allylic oxidation sites excluding steroid dienone is 1. The summed E-state index contributed by atoms with van der Waals surface area (Å²) >= 11 is 6.32. The lowest BCUT2D eigenvalue weighted by Gasteiger charge is -2.14. The van der Waals surface area contributed by atoms with Crippen molar-refractivity contribution in [2.45, 2.75) is 44.9 Å². The van der Waals surface area contributed by atoms with Gasteiger partial charge >= 0.3 is 0 Å². The lowest BCUT2D eigenvalue weighted by molar-refractivity contribution is -0.121. The number of ketones is 2. The second kappa shape index (κ2) is 12.9. The zero-order valence-electron chi connectivity index (χ0n) is 21.8. The molecule has 4 saturated carbocycles. The second-order valence-electron chi connectivity index (χ2n) is 10.3. The van der Waals surface area contributed by atoms with Gasteiger partial charge in [0.1, 0.15) is 28.9 Å². The Bertz CT molecular complexity index is 1310. The fraction of sp³-hybridized carbons (Fsp3) is 0.433. The van der Waals surface area contributed by atoms with Gasteiger partial charge < -0.3 is 9.47 Å². The molecule has 6 rings (SSSR count). The maximum Gasteiger partial charge on any atom is 0.162 e. The van der Waals surface area contributed by atoms with Crippen LogP contribution in [0.5, 0.6) is 11.5 Å². The monoisotopic (exact) mass is 666 g/mol. The average molecular weight is 668 g/mol. The highest BCUT2D eigenvalue weighted by Gasteiger charge is 2.42. The maximum absolute atomic E-state index is 14.1. The van der Waals surface area contributed by atoms with Crippen molar-refractivity contribution in [3.63, 3.8) is 0 Å². The van der Waals surface area contributed by atoms with E-state index in [0.29, 0.717) is 44.2 Å². The molecule has 0 amide bonds. The number of rotatable bonds is 4. The first-order chi connectivity index (χ1) is 18.6. The number of hydrogen-bond donors (Lipinski definition) is 0. The van der Waals surface area contributed by atoms with E-state index >= 15 is 0 Å². The molecule has 4 aliphatic carbocycles. The highest BCUT2D eigenvalue weighted by atomic mass is 79.9. The van der Waals surface area contributed by atoms with Crippen LogP contribution in [0.2, 0.25) is 0 Å². The van der Waals surface area contributed by atoms with Gasteiger partial charge in [0.05, 0.1) is 25.3 Å². The van der Waals surface area contributed by atoms with Crippen LogP contribution in [-0.2, 0) is 9.59 Å². The van der Waals surface area contributed by atoms with Crippen LogP contribution in [0.25, 0.3) is 6.08 Å². The van der Waals surface area contributed by atoms with Crippen molar-refractivity contribution >= 4 is 55.8 Å². The van der Waals surface area contributed by atoms with Gasteiger partial charge in [-0.15, -0.1) is 0 Å². The van der Waals surface area contributed by atoms with Gasteiger partial charge in [-0.25, -0.2) is 8.78 Å². The van der Waals surface area contributed by atoms with Crippen molar-refractivity contribution in [2.75, 3.05) is 14.2 Å². The first-order valence-electron chi connectivity index (χ1n) is 12.9. The summed E-state index contributed by atoms with van der Waals surface area (Å²) in [5.74, 6) is 2.25. The van der Waals surface area contributed by atoms with Crippen LogP contribution >= 0.6 is 31.9 Å². The Morgan fingerprint density at radius 3 is 1.79 bits per heavy atom. The van der Waals surface area contributed by atoms with Gasteiger partial charge in [-0.05, 0) is 86.3 Å². The van der Waals surface area contributed by atoms with Crippen molar-refractivity contribution in [3.8, 4) is 11.5 Å². The van der Waals surface area contributed by atoms with Crippen LogP contribution < -0.4 is 9.47 Å². The topological polar surface area (TPSA) is 69.7 Å². The summed E-state index contributed by atoms with van der Waals surface area (Å²) in [6.07, 6.45) is 9.74. The van der Waals surface area contributed by atoms with Crippen LogP contribution in [-0.4, -0.2) is 32.1 Å². The molecule has 0 heterocycles. The quantitative estimate of drug-likeness (QED) is 0.246. The van der Waals surface area contributed by atoms with Crippen molar-refractivity contribution in [2.24, 2.45) is 23.7 Å². The van der Waals surface area contributed by atoms with Gasteiger partial charge in [-0.3, -0.25) is 14.4 Å². The molecule has 4 atom stereocenters. The van der Waals surface area contributed by atoms with E-state index in [4.69, 9.17) is 9.47 Å². The Labute approximate surface area is 243 Å². The molecule has 2 aromatic rings. The smallest absolute Gasteiger partial charge is 0.162 e. The third kappa shape index (κ3) is 6.68. The summed E-state index contributed by atoms with van der Waals surface area (Å²) < 4.78 is 38.2. The molecule has 4 unspecified atom stereocenters. The highest BCUT2D eigenvalue weighted by Crippen LogP contribution is 2.47. The lowest BCUT2D eigenvalue weighted by atomic mass is 9.92. The minimum atomic E-state index is -0.587. The first-order valence-corrected chi connectivity index (χ1v) is 14.5. The minimum absolute atomic E-state index is 0.0549. The molecular weight excluding hydrogens is 638 g/mol. The second-order valence-corrected chi connectivity index (χ2v) is 12.2. The number of halogens is 4. The van der Waals surface area contributed by atoms with E-state index in [1.54, 1.807) is 12.1 Å². The Balaban J connectivity index is 0.000000150. The van der Waals surface area contributed by atoms with Crippen LogP contribution in [0, 0.1) is 35.3 Å². The van der Waals surface area contributed by atoms with E-state index in [2.05, 4.69) is 31.9 Å². The lowest BCUT2D eigenvalue weighted by Crippen LogP contribution is -2.12. The van der Waals surface area contributed by atoms with Gasteiger partial charge in [-0.1, -0.05) is 31.9 Å². The van der Waals surface area contributed by atoms with Gasteiger partial charge in [0.25, 0.3) is 0 Å². The third-order valence-electron chi connectivity index (χ3n) is 7.98. The number of aldehydes is 1. The van der Waals surface area contributed by atoms with Crippen molar-refractivity contribution in [1.29, 1.82) is 0 Å². The zero-order valence-corrected chi connectivity index (χ0v) is 24.9. The highest BCUT2D eigenvalue weighted by molar-refractivity contribution is 9.10. The summed E-state index contributed by atoms with van der Waals surface area (Å²) in [6, 6.07) is 5.86. The molecule has 0 aliphatic heterocycles. The molecule has 9 heteroatoms. The van der Waals surface area contributed by atoms with E-state index in [-0.39, 0.29) is 28.8 Å². The molecular formula is C30H30Br2F2O5. The fourth-order valence-corrected chi connectivity index (χ4v) is 6.82. The summed E-state index contributed by atoms with van der Waals surface area (Å²) in [6.45, 7) is 0. The molecule has 0 aromatic heterocycles. The number of carbonyl (C=O) groups is 3. The Hall–Kier alpha value is -2.39. The Morgan fingerprint density at radius 1 is 0.795 bits per heavy atom. The average Bonchev–Trinajstić information content (AvgIpc) is 3.69. The molecule has 0 spiro atoms. The minimum Gasteiger partial charge on any atom is -0.496 e. The van der Waals surface area contributed by atoms with E-state index in [1.807, 2.05) is 0 Å². The van der Waals surface area contributed by atoms with Gasteiger partial charge in [0.2, 0.25) is 0 Å². The Kier molecular flexibility index (Phi) is 9.75. The molecule has 2 aromatic carbocycles. The standard InChI is InChI=1S/C15H14BrFO2.C8H6BrFO2.C7H10O/c1-19-14-6-10(16)5-13(17)12(14)7-11-8-2-3-9(4-8)15(11)18;1-12-8-3-5(9)2-7(10)6(8)4-11;8-7-4-5-1-2-6(7)3-5/h5-9H,2-4H2,1H3;2-4H,1H3;5-6H,1-4H2. The number of carbonyl (C=O) groups excluding carboxylic acids is 3. The molecule has 5 nitrogen and oxygen atoms in total. The molecule has 4 bridgehead atoms. The maximum atomic E-state index is 14.1. The largest absolute Gasteiger partial charge is 0.496 e. The van der Waals surface area contributed by atoms with E-state index < -0.39 is 5.82 Å². The van der Waals surface area contributed by atoms with Crippen molar-refractivity contribution in [1.82, 2.24) is 0 Å². The SMILES string of the molecule is COc1cc(Br)cc(F)c1C=C1C(=O)C2CCC1C2.COc1cc(Br)cc(F)c1C=O.O=C1CC2CCC1C2. The molecule has 39 heavy (non-hydrogen) atoms. The predicted octanol–water partition coefficient (Wildman–Crippen LogP) is 7.76. The van der Waals surface area contributed by atoms with E-state index in [0.717, 1.165) is 37.2 Å². The summed E-state index contributed by atoms with van der Waals surface area (Å²) in [4.78, 5) is 33.3. The zero-order chi connectivity index (χ0) is 28.3.